The minimum absolute atomic E-state index is 0.267. The van der Waals surface area contributed by atoms with Gasteiger partial charge in [0.2, 0.25) is 5.75 Å². The SMILES string of the molecule is CCOc1cc(-c2nc(CC(C)NC)no2)cc(OCC)c1OCC. The summed E-state index contributed by atoms with van der Waals surface area (Å²) in [6.07, 6.45) is 0.688. The summed E-state index contributed by atoms with van der Waals surface area (Å²) < 4.78 is 22.6. The second-order valence-corrected chi connectivity index (χ2v) is 5.51. The molecule has 0 radical (unpaired) electrons. The van der Waals surface area contributed by atoms with Crippen LogP contribution in [-0.4, -0.2) is 43.1 Å². The molecule has 0 amide bonds. The van der Waals surface area contributed by atoms with E-state index in [0.717, 1.165) is 5.56 Å². The highest BCUT2D eigenvalue weighted by atomic mass is 16.5. The monoisotopic (exact) mass is 349 g/mol. The van der Waals surface area contributed by atoms with Crippen molar-refractivity contribution in [3.05, 3.63) is 18.0 Å². The van der Waals surface area contributed by atoms with Crippen molar-refractivity contribution in [1.82, 2.24) is 15.5 Å². The Balaban J connectivity index is 2.39. The third-order valence-corrected chi connectivity index (χ3v) is 3.61. The van der Waals surface area contributed by atoms with E-state index in [0.29, 0.717) is 55.2 Å². The van der Waals surface area contributed by atoms with Crippen LogP contribution in [0, 0.1) is 0 Å². The highest BCUT2D eigenvalue weighted by Gasteiger charge is 2.19. The summed E-state index contributed by atoms with van der Waals surface area (Å²) >= 11 is 0. The molecule has 1 N–H and O–H groups in total. The van der Waals surface area contributed by atoms with Crippen LogP contribution < -0.4 is 19.5 Å². The number of nitrogens with one attached hydrogen (secondary N) is 1. The molecule has 0 aliphatic carbocycles. The molecule has 0 saturated carbocycles. The molecule has 2 rings (SSSR count). The quantitative estimate of drug-likeness (QED) is 0.706. The van der Waals surface area contributed by atoms with Gasteiger partial charge in [-0.2, -0.15) is 4.98 Å². The van der Waals surface area contributed by atoms with Gasteiger partial charge in [-0.25, -0.2) is 0 Å². The van der Waals surface area contributed by atoms with Gasteiger partial charge in [-0.15, -0.1) is 0 Å². The van der Waals surface area contributed by atoms with Crippen molar-refractivity contribution in [2.75, 3.05) is 26.9 Å². The predicted octanol–water partition coefficient (Wildman–Crippen LogP) is 3.08. The molecule has 0 aliphatic rings. The summed E-state index contributed by atoms with van der Waals surface area (Å²) in [4.78, 5) is 4.48. The van der Waals surface area contributed by atoms with Crippen LogP contribution in [0.3, 0.4) is 0 Å². The van der Waals surface area contributed by atoms with Crippen LogP contribution in [0.1, 0.15) is 33.5 Å². The smallest absolute Gasteiger partial charge is 0.258 e. The maximum Gasteiger partial charge on any atom is 0.258 e. The average molecular weight is 349 g/mol. The summed E-state index contributed by atoms with van der Waals surface area (Å²) in [6, 6.07) is 3.95. The zero-order chi connectivity index (χ0) is 18.2. The Morgan fingerprint density at radius 3 is 2.16 bits per heavy atom. The fourth-order valence-electron chi connectivity index (χ4n) is 2.34. The Bertz CT molecular complexity index is 645. The van der Waals surface area contributed by atoms with Crippen LogP contribution in [0.4, 0.5) is 0 Å². The van der Waals surface area contributed by atoms with Gasteiger partial charge in [-0.05, 0) is 46.9 Å². The van der Waals surface area contributed by atoms with Crippen LogP contribution in [0.25, 0.3) is 11.5 Å². The first-order chi connectivity index (χ1) is 12.1. The van der Waals surface area contributed by atoms with Gasteiger partial charge in [0.25, 0.3) is 5.89 Å². The van der Waals surface area contributed by atoms with Crippen molar-refractivity contribution in [2.24, 2.45) is 0 Å². The van der Waals surface area contributed by atoms with E-state index in [-0.39, 0.29) is 6.04 Å². The third-order valence-electron chi connectivity index (χ3n) is 3.61. The van der Waals surface area contributed by atoms with Gasteiger partial charge in [0, 0.05) is 18.0 Å². The molecule has 138 valence electrons. The molecule has 7 nitrogen and oxygen atoms in total. The normalized spacial score (nSPS) is 12.0. The van der Waals surface area contributed by atoms with Gasteiger partial charge in [-0.1, -0.05) is 5.16 Å². The zero-order valence-electron chi connectivity index (χ0n) is 15.6. The average Bonchev–Trinajstić information content (AvgIpc) is 3.06. The second-order valence-electron chi connectivity index (χ2n) is 5.51. The van der Waals surface area contributed by atoms with Crippen LogP contribution >= 0.6 is 0 Å². The molecule has 7 heteroatoms. The van der Waals surface area contributed by atoms with Gasteiger partial charge < -0.3 is 24.1 Å². The number of hydrogen-bond donors (Lipinski definition) is 1. The Hall–Kier alpha value is -2.28. The fraction of sp³-hybridized carbons (Fsp3) is 0.556. The van der Waals surface area contributed by atoms with Crippen LogP contribution in [0.2, 0.25) is 0 Å². The predicted molar refractivity (Wildman–Crippen MR) is 95.5 cm³/mol. The van der Waals surface area contributed by atoms with Crippen LogP contribution in [-0.2, 0) is 6.42 Å². The zero-order valence-corrected chi connectivity index (χ0v) is 15.6. The molecule has 1 aromatic heterocycles. The van der Waals surface area contributed by atoms with Crippen LogP contribution in [0.15, 0.2) is 16.7 Å². The lowest BCUT2D eigenvalue weighted by Crippen LogP contribution is -2.24. The maximum atomic E-state index is 5.72. The highest BCUT2D eigenvalue weighted by molar-refractivity contribution is 5.65. The molecule has 1 aromatic carbocycles. The van der Waals surface area contributed by atoms with Crippen molar-refractivity contribution in [3.8, 4) is 28.7 Å². The molecule has 2 aromatic rings. The standard InChI is InChI=1S/C18H27N3O4/c1-6-22-14-10-13(11-15(23-7-2)17(14)24-8-3)18-20-16(21-25-18)9-12(4)19-5/h10-12,19H,6-9H2,1-5H3. The lowest BCUT2D eigenvalue weighted by molar-refractivity contribution is 0.261. The number of likely N-dealkylation sites (N-methyl/N-ethyl adjacent to an activating group) is 1. The number of hydrogen-bond acceptors (Lipinski definition) is 7. The van der Waals surface area contributed by atoms with Crippen molar-refractivity contribution < 1.29 is 18.7 Å². The molecule has 0 aliphatic heterocycles. The Kier molecular flexibility index (Phi) is 7.06. The molecular weight excluding hydrogens is 322 g/mol. The molecule has 0 fully saturated rings. The Morgan fingerprint density at radius 2 is 1.64 bits per heavy atom. The first kappa shape index (κ1) is 19.1. The summed E-state index contributed by atoms with van der Waals surface area (Å²) in [7, 11) is 1.90. The number of aromatic nitrogens is 2. The van der Waals surface area contributed by atoms with Crippen molar-refractivity contribution in [2.45, 2.75) is 40.2 Å². The highest BCUT2D eigenvalue weighted by Crippen LogP contribution is 2.41. The number of ether oxygens (including phenoxy) is 3. The second kappa shape index (κ2) is 9.27. The molecule has 1 atom stereocenters. The number of rotatable bonds is 10. The van der Waals surface area contributed by atoms with Gasteiger partial charge in [0.05, 0.1) is 19.8 Å². The minimum atomic E-state index is 0.267. The largest absolute Gasteiger partial charge is 0.490 e. The van der Waals surface area contributed by atoms with Gasteiger partial charge in [0.1, 0.15) is 0 Å². The van der Waals surface area contributed by atoms with E-state index in [2.05, 4.69) is 22.4 Å². The molecule has 1 heterocycles. The molecular formula is C18H27N3O4. The lowest BCUT2D eigenvalue weighted by atomic mass is 10.1. The van der Waals surface area contributed by atoms with Crippen LogP contribution in [0.5, 0.6) is 17.2 Å². The van der Waals surface area contributed by atoms with Gasteiger partial charge in [0.15, 0.2) is 17.3 Å². The fourth-order valence-corrected chi connectivity index (χ4v) is 2.34. The first-order valence-corrected chi connectivity index (χ1v) is 8.69. The van der Waals surface area contributed by atoms with E-state index >= 15 is 0 Å². The molecule has 25 heavy (non-hydrogen) atoms. The van der Waals surface area contributed by atoms with Crippen molar-refractivity contribution >= 4 is 0 Å². The Labute approximate surface area is 148 Å². The number of nitrogens with zero attached hydrogens (tertiary/aromatic N) is 2. The van der Waals surface area contributed by atoms with E-state index in [4.69, 9.17) is 18.7 Å². The van der Waals surface area contributed by atoms with E-state index in [1.165, 1.54) is 0 Å². The van der Waals surface area contributed by atoms with E-state index in [1.54, 1.807) is 0 Å². The van der Waals surface area contributed by atoms with E-state index in [1.807, 2.05) is 40.0 Å². The topological polar surface area (TPSA) is 78.6 Å². The summed E-state index contributed by atoms with van der Waals surface area (Å²) in [5, 5.41) is 7.21. The van der Waals surface area contributed by atoms with Gasteiger partial charge >= 0.3 is 0 Å². The third kappa shape index (κ3) is 4.85. The van der Waals surface area contributed by atoms with E-state index < -0.39 is 0 Å². The molecule has 1 unspecified atom stereocenters. The van der Waals surface area contributed by atoms with Gasteiger partial charge in [-0.3, -0.25) is 0 Å². The molecule has 0 saturated heterocycles. The first-order valence-electron chi connectivity index (χ1n) is 8.69. The Morgan fingerprint density at radius 1 is 1.04 bits per heavy atom. The van der Waals surface area contributed by atoms with Crippen molar-refractivity contribution in [3.63, 3.8) is 0 Å². The molecule has 0 spiro atoms. The summed E-state index contributed by atoms with van der Waals surface area (Å²) in [5.74, 6) is 2.89. The molecule has 0 bridgehead atoms. The maximum absolute atomic E-state index is 5.72. The summed E-state index contributed by atoms with van der Waals surface area (Å²) in [6.45, 7) is 9.39. The number of benzene rings is 1. The minimum Gasteiger partial charge on any atom is -0.490 e. The summed E-state index contributed by atoms with van der Waals surface area (Å²) in [5.41, 5.74) is 0.742. The van der Waals surface area contributed by atoms with Crippen molar-refractivity contribution in [1.29, 1.82) is 0 Å². The lowest BCUT2D eigenvalue weighted by Gasteiger charge is -2.16. The van der Waals surface area contributed by atoms with E-state index in [9.17, 15) is 0 Å².